The molecule has 5 nitrogen and oxygen atoms in total. The summed E-state index contributed by atoms with van der Waals surface area (Å²) in [6, 6.07) is 0. The van der Waals surface area contributed by atoms with Crippen LogP contribution in [0.2, 0.25) is 0 Å². The van der Waals surface area contributed by atoms with Crippen molar-refractivity contribution in [3.8, 4) is 0 Å². The molecule has 0 aliphatic rings. The molecule has 0 aromatic carbocycles. The normalized spacial score (nSPS) is 16.8. The molecule has 82 valence electrons. The van der Waals surface area contributed by atoms with Crippen LogP contribution in [0.5, 0.6) is 0 Å². The van der Waals surface area contributed by atoms with E-state index >= 15 is 0 Å². The molecule has 0 saturated heterocycles. The highest BCUT2D eigenvalue weighted by Crippen LogP contribution is 1.87. The van der Waals surface area contributed by atoms with Crippen LogP contribution in [-0.2, 0) is 0 Å². The summed E-state index contributed by atoms with van der Waals surface area (Å²) in [6.45, 7) is 2.77. The number of aliphatic hydroxyl groups is 5. The topological polar surface area (TPSA) is 101 Å². The van der Waals surface area contributed by atoms with Crippen molar-refractivity contribution < 1.29 is 25.5 Å². The Bertz CT molecular complexity index is 94.5. The summed E-state index contributed by atoms with van der Waals surface area (Å²) in [6.07, 6.45) is -1.68. The lowest BCUT2D eigenvalue weighted by atomic mass is 10.2. The van der Waals surface area contributed by atoms with Gasteiger partial charge in [0.1, 0.15) is 6.10 Å². The van der Waals surface area contributed by atoms with Gasteiger partial charge in [-0.3, -0.25) is 0 Å². The second kappa shape index (κ2) is 9.88. The third-order valence-electron chi connectivity index (χ3n) is 1.29. The van der Waals surface area contributed by atoms with Crippen molar-refractivity contribution in [2.24, 2.45) is 0 Å². The van der Waals surface area contributed by atoms with E-state index in [2.05, 4.69) is 0 Å². The molecule has 0 bridgehead atoms. The van der Waals surface area contributed by atoms with Crippen LogP contribution in [0.1, 0.15) is 20.3 Å². The molecular formula is C8H20O5. The van der Waals surface area contributed by atoms with E-state index in [0.717, 1.165) is 0 Å². The van der Waals surface area contributed by atoms with Crippen LogP contribution in [-0.4, -0.2) is 57.1 Å². The Labute approximate surface area is 78.3 Å². The zero-order chi connectivity index (χ0) is 10.9. The maximum absolute atomic E-state index is 8.44. The minimum atomic E-state index is -0.986. The summed E-state index contributed by atoms with van der Waals surface area (Å²) in [5.74, 6) is 0. The molecule has 0 rings (SSSR count). The highest BCUT2D eigenvalue weighted by Gasteiger charge is 2.06. The van der Waals surface area contributed by atoms with Gasteiger partial charge in [0.05, 0.1) is 18.8 Å². The van der Waals surface area contributed by atoms with Crippen molar-refractivity contribution >= 4 is 0 Å². The van der Waals surface area contributed by atoms with E-state index in [1.54, 1.807) is 6.92 Å². The zero-order valence-corrected chi connectivity index (χ0v) is 8.09. The Balaban J connectivity index is 0. The first kappa shape index (κ1) is 15.3. The van der Waals surface area contributed by atoms with Gasteiger partial charge in [-0.2, -0.15) is 0 Å². The van der Waals surface area contributed by atoms with Gasteiger partial charge in [0.25, 0.3) is 0 Å². The smallest absolute Gasteiger partial charge is 0.103 e. The fourth-order valence-electron chi connectivity index (χ4n) is 0.339. The molecule has 3 atom stereocenters. The lowest BCUT2D eigenvalue weighted by Crippen LogP contribution is -2.25. The SMILES string of the molecule is CC(O)C(O)CO.CC(O)CCO. The first-order chi connectivity index (χ1) is 5.95. The van der Waals surface area contributed by atoms with Gasteiger partial charge in [-0.25, -0.2) is 0 Å². The minimum Gasteiger partial charge on any atom is -0.396 e. The Morgan fingerprint density at radius 1 is 1.00 bits per heavy atom. The van der Waals surface area contributed by atoms with Crippen LogP contribution >= 0.6 is 0 Å². The maximum atomic E-state index is 8.44. The average molecular weight is 196 g/mol. The number of hydrogen-bond acceptors (Lipinski definition) is 5. The predicted molar refractivity (Wildman–Crippen MR) is 48.2 cm³/mol. The lowest BCUT2D eigenvalue weighted by Gasteiger charge is -2.07. The van der Waals surface area contributed by atoms with Gasteiger partial charge in [0, 0.05) is 6.61 Å². The first-order valence-corrected chi connectivity index (χ1v) is 4.21. The predicted octanol–water partition coefficient (Wildman–Crippen LogP) is -1.53. The van der Waals surface area contributed by atoms with Gasteiger partial charge >= 0.3 is 0 Å². The average Bonchev–Trinajstić information content (AvgIpc) is 2.03. The van der Waals surface area contributed by atoms with Crippen LogP contribution in [0.4, 0.5) is 0 Å². The molecule has 0 aliphatic carbocycles. The molecular weight excluding hydrogens is 176 g/mol. The number of aliphatic hydroxyl groups excluding tert-OH is 5. The van der Waals surface area contributed by atoms with E-state index < -0.39 is 12.2 Å². The second-order valence-corrected chi connectivity index (χ2v) is 2.85. The van der Waals surface area contributed by atoms with Gasteiger partial charge in [0.15, 0.2) is 0 Å². The largest absolute Gasteiger partial charge is 0.396 e. The maximum Gasteiger partial charge on any atom is 0.103 e. The number of hydrogen-bond donors (Lipinski definition) is 5. The summed E-state index contributed by atoms with van der Waals surface area (Å²) in [5, 5.41) is 41.4. The van der Waals surface area contributed by atoms with E-state index in [1.807, 2.05) is 0 Å². The molecule has 13 heavy (non-hydrogen) atoms. The Morgan fingerprint density at radius 3 is 1.46 bits per heavy atom. The van der Waals surface area contributed by atoms with Gasteiger partial charge in [-0.1, -0.05) is 0 Å². The molecule has 0 saturated carbocycles. The van der Waals surface area contributed by atoms with Crippen LogP contribution in [0, 0.1) is 0 Å². The van der Waals surface area contributed by atoms with E-state index in [9.17, 15) is 0 Å². The molecule has 0 spiro atoms. The fraction of sp³-hybridized carbons (Fsp3) is 1.00. The molecule has 0 aromatic rings. The van der Waals surface area contributed by atoms with Crippen molar-refractivity contribution in [2.75, 3.05) is 13.2 Å². The molecule has 0 aromatic heterocycles. The highest BCUT2D eigenvalue weighted by molar-refractivity contribution is 4.57. The highest BCUT2D eigenvalue weighted by atomic mass is 16.4. The quantitative estimate of drug-likeness (QED) is 0.375. The minimum absolute atomic E-state index is 0.0810. The second-order valence-electron chi connectivity index (χ2n) is 2.85. The van der Waals surface area contributed by atoms with Crippen LogP contribution in [0.25, 0.3) is 0 Å². The molecule has 0 radical (unpaired) electrons. The summed E-state index contributed by atoms with van der Waals surface area (Å²) in [7, 11) is 0. The molecule has 5 heteroatoms. The van der Waals surface area contributed by atoms with Crippen molar-refractivity contribution in [3.05, 3.63) is 0 Å². The van der Waals surface area contributed by atoms with Crippen LogP contribution in [0.15, 0.2) is 0 Å². The molecule has 0 aliphatic heterocycles. The van der Waals surface area contributed by atoms with Crippen molar-refractivity contribution in [3.63, 3.8) is 0 Å². The van der Waals surface area contributed by atoms with Gasteiger partial charge in [0.2, 0.25) is 0 Å². The van der Waals surface area contributed by atoms with Gasteiger partial charge < -0.3 is 25.5 Å². The molecule has 0 fully saturated rings. The molecule has 5 N–H and O–H groups in total. The van der Waals surface area contributed by atoms with Gasteiger partial charge in [-0.05, 0) is 20.3 Å². The lowest BCUT2D eigenvalue weighted by molar-refractivity contribution is -0.00425. The van der Waals surface area contributed by atoms with Crippen molar-refractivity contribution in [1.82, 2.24) is 0 Å². The fourth-order valence-corrected chi connectivity index (χ4v) is 0.339. The van der Waals surface area contributed by atoms with E-state index in [1.165, 1.54) is 6.92 Å². The summed E-state index contributed by atoms with van der Waals surface area (Å²) in [5.41, 5.74) is 0. The molecule has 3 unspecified atom stereocenters. The van der Waals surface area contributed by atoms with Crippen LogP contribution < -0.4 is 0 Å². The van der Waals surface area contributed by atoms with E-state index in [0.29, 0.717) is 6.42 Å². The summed E-state index contributed by atoms with van der Waals surface area (Å²) >= 11 is 0. The first-order valence-electron chi connectivity index (χ1n) is 4.21. The van der Waals surface area contributed by atoms with Gasteiger partial charge in [-0.15, -0.1) is 0 Å². The Morgan fingerprint density at radius 2 is 1.46 bits per heavy atom. The zero-order valence-electron chi connectivity index (χ0n) is 8.09. The monoisotopic (exact) mass is 196 g/mol. The standard InChI is InChI=1S/C4H10O3.C4H10O2/c1-3(6)4(7)2-5;1-4(6)2-3-5/h3-7H,2H2,1H3;4-6H,2-3H2,1H3. The Hall–Kier alpha value is -0.200. The summed E-state index contributed by atoms with van der Waals surface area (Å²) in [4.78, 5) is 0. The van der Waals surface area contributed by atoms with Crippen LogP contribution in [0.3, 0.4) is 0 Å². The Kier molecular flexibility index (Phi) is 11.6. The number of rotatable bonds is 4. The molecule has 0 amide bonds. The van der Waals surface area contributed by atoms with Crippen molar-refractivity contribution in [2.45, 2.75) is 38.6 Å². The van der Waals surface area contributed by atoms with E-state index in [4.69, 9.17) is 25.5 Å². The molecule has 0 heterocycles. The third-order valence-corrected chi connectivity index (χ3v) is 1.29. The summed E-state index contributed by atoms with van der Waals surface area (Å²) < 4.78 is 0. The third kappa shape index (κ3) is 14.6. The van der Waals surface area contributed by atoms with E-state index in [-0.39, 0.29) is 19.3 Å². The van der Waals surface area contributed by atoms with Crippen molar-refractivity contribution in [1.29, 1.82) is 0 Å².